The van der Waals surface area contributed by atoms with Gasteiger partial charge in [-0.25, -0.2) is 0 Å². The van der Waals surface area contributed by atoms with Gasteiger partial charge in [-0.05, 0) is 62.3 Å². The Morgan fingerprint density at radius 2 is 2.00 bits per heavy atom. The van der Waals surface area contributed by atoms with Gasteiger partial charge in [-0.15, -0.1) is 0 Å². The zero-order valence-electron chi connectivity index (χ0n) is 12.5. The SMILES string of the molecule is CCCC1CCC(N)C(Oc2ccc(C)c(C)c2)C1. The maximum absolute atomic E-state index is 6.23. The van der Waals surface area contributed by atoms with Crippen LogP contribution in [0.5, 0.6) is 5.75 Å². The van der Waals surface area contributed by atoms with Gasteiger partial charge >= 0.3 is 0 Å². The van der Waals surface area contributed by atoms with Gasteiger partial charge in [0.15, 0.2) is 0 Å². The van der Waals surface area contributed by atoms with Gasteiger partial charge in [0.25, 0.3) is 0 Å². The summed E-state index contributed by atoms with van der Waals surface area (Å²) in [4.78, 5) is 0. The van der Waals surface area contributed by atoms with E-state index in [1.165, 1.54) is 30.4 Å². The Bertz CT molecular complexity index is 416. The summed E-state index contributed by atoms with van der Waals surface area (Å²) in [5, 5.41) is 0. The van der Waals surface area contributed by atoms with Crippen LogP contribution in [0.3, 0.4) is 0 Å². The Kier molecular flexibility index (Phi) is 4.87. The van der Waals surface area contributed by atoms with Crippen LogP contribution in [0.25, 0.3) is 0 Å². The highest BCUT2D eigenvalue weighted by atomic mass is 16.5. The molecule has 3 unspecified atom stereocenters. The van der Waals surface area contributed by atoms with Crippen LogP contribution >= 0.6 is 0 Å². The third kappa shape index (κ3) is 3.73. The molecule has 3 atom stereocenters. The topological polar surface area (TPSA) is 35.2 Å². The fraction of sp³-hybridized carbons (Fsp3) is 0.647. The molecule has 1 saturated carbocycles. The number of hydrogen-bond donors (Lipinski definition) is 1. The standard InChI is InChI=1S/C17H27NO/c1-4-5-14-7-9-16(18)17(11-14)19-15-8-6-12(2)13(3)10-15/h6,8,10,14,16-17H,4-5,7,9,11,18H2,1-3H3. The van der Waals surface area contributed by atoms with Crippen molar-refractivity contribution < 1.29 is 4.74 Å². The number of nitrogens with two attached hydrogens (primary N) is 1. The van der Waals surface area contributed by atoms with Crippen LogP contribution < -0.4 is 10.5 Å². The molecule has 2 N–H and O–H groups in total. The first-order chi connectivity index (χ1) is 9.10. The minimum Gasteiger partial charge on any atom is -0.489 e. The average Bonchev–Trinajstić information content (AvgIpc) is 2.38. The highest BCUT2D eigenvalue weighted by molar-refractivity contribution is 5.34. The predicted molar refractivity (Wildman–Crippen MR) is 80.6 cm³/mol. The second kappa shape index (κ2) is 6.42. The van der Waals surface area contributed by atoms with Gasteiger partial charge in [-0.2, -0.15) is 0 Å². The second-order valence-corrected chi connectivity index (χ2v) is 6.03. The van der Waals surface area contributed by atoms with Crippen LogP contribution in [0.1, 0.15) is 50.2 Å². The molecule has 19 heavy (non-hydrogen) atoms. The van der Waals surface area contributed by atoms with E-state index in [0.717, 1.165) is 24.5 Å². The minimum atomic E-state index is 0.187. The van der Waals surface area contributed by atoms with Crippen molar-refractivity contribution in [2.75, 3.05) is 0 Å². The molecule has 0 bridgehead atoms. The average molecular weight is 261 g/mol. The van der Waals surface area contributed by atoms with E-state index in [-0.39, 0.29) is 12.1 Å². The summed E-state index contributed by atoms with van der Waals surface area (Å²) < 4.78 is 6.15. The number of benzene rings is 1. The fourth-order valence-corrected chi connectivity index (χ4v) is 3.00. The lowest BCUT2D eigenvalue weighted by Crippen LogP contribution is -2.43. The lowest BCUT2D eigenvalue weighted by molar-refractivity contribution is 0.0992. The molecule has 1 aromatic carbocycles. The Morgan fingerprint density at radius 1 is 1.21 bits per heavy atom. The third-order valence-electron chi connectivity index (χ3n) is 4.41. The summed E-state index contributed by atoms with van der Waals surface area (Å²) in [7, 11) is 0. The summed E-state index contributed by atoms with van der Waals surface area (Å²) in [6.07, 6.45) is 6.23. The van der Waals surface area contributed by atoms with E-state index in [0.29, 0.717) is 0 Å². The molecule has 0 radical (unpaired) electrons. The normalized spacial score (nSPS) is 27.3. The van der Waals surface area contributed by atoms with Crippen LogP contribution in [0, 0.1) is 19.8 Å². The molecule has 1 aliphatic rings. The van der Waals surface area contributed by atoms with Gasteiger partial charge in [0.05, 0.1) is 0 Å². The molecule has 0 amide bonds. The molecule has 0 aromatic heterocycles. The first-order valence-electron chi connectivity index (χ1n) is 7.59. The highest BCUT2D eigenvalue weighted by Gasteiger charge is 2.29. The van der Waals surface area contributed by atoms with Crippen LogP contribution in [-0.2, 0) is 0 Å². The van der Waals surface area contributed by atoms with Gasteiger partial charge in [0.2, 0.25) is 0 Å². The summed E-state index contributed by atoms with van der Waals surface area (Å²) in [5.41, 5.74) is 8.82. The minimum absolute atomic E-state index is 0.187. The molecule has 0 aliphatic heterocycles. The first-order valence-corrected chi connectivity index (χ1v) is 7.59. The summed E-state index contributed by atoms with van der Waals surface area (Å²) in [5.74, 6) is 1.77. The molecule has 106 valence electrons. The van der Waals surface area contributed by atoms with E-state index < -0.39 is 0 Å². The monoisotopic (exact) mass is 261 g/mol. The van der Waals surface area contributed by atoms with E-state index >= 15 is 0 Å². The van der Waals surface area contributed by atoms with Crippen molar-refractivity contribution in [2.24, 2.45) is 11.7 Å². The van der Waals surface area contributed by atoms with Crippen LogP contribution in [0.15, 0.2) is 18.2 Å². The molecule has 0 heterocycles. The maximum atomic E-state index is 6.23. The summed E-state index contributed by atoms with van der Waals surface area (Å²) in [6.45, 7) is 6.51. The van der Waals surface area contributed by atoms with E-state index in [1.807, 2.05) is 0 Å². The Balaban J connectivity index is 2.01. The lowest BCUT2D eigenvalue weighted by Gasteiger charge is -2.34. The van der Waals surface area contributed by atoms with E-state index in [1.54, 1.807) is 0 Å². The van der Waals surface area contributed by atoms with Gasteiger partial charge in [0, 0.05) is 6.04 Å². The Hall–Kier alpha value is -1.02. The van der Waals surface area contributed by atoms with Crippen molar-refractivity contribution in [3.8, 4) is 5.75 Å². The maximum Gasteiger partial charge on any atom is 0.120 e. The zero-order chi connectivity index (χ0) is 13.8. The fourth-order valence-electron chi connectivity index (χ4n) is 3.00. The van der Waals surface area contributed by atoms with Crippen molar-refractivity contribution in [3.05, 3.63) is 29.3 Å². The Labute approximate surface area is 117 Å². The lowest BCUT2D eigenvalue weighted by atomic mass is 9.82. The van der Waals surface area contributed by atoms with Crippen molar-refractivity contribution in [1.82, 2.24) is 0 Å². The van der Waals surface area contributed by atoms with Crippen LogP contribution in [-0.4, -0.2) is 12.1 Å². The number of hydrogen-bond acceptors (Lipinski definition) is 2. The third-order valence-corrected chi connectivity index (χ3v) is 4.41. The van der Waals surface area contributed by atoms with Crippen molar-refractivity contribution in [3.63, 3.8) is 0 Å². The largest absolute Gasteiger partial charge is 0.489 e. The van der Waals surface area contributed by atoms with E-state index in [2.05, 4.69) is 39.0 Å². The number of rotatable bonds is 4. The first kappa shape index (κ1) is 14.4. The van der Waals surface area contributed by atoms with Gasteiger partial charge in [0.1, 0.15) is 11.9 Å². The van der Waals surface area contributed by atoms with Gasteiger partial charge in [-0.3, -0.25) is 0 Å². The Morgan fingerprint density at radius 3 is 2.68 bits per heavy atom. The molecule has 1 fully saturated rings. The molecule has 1 aromatic rings. The molecule has 2 rings (SSSR count). The predicted octanol–water partition coefficient (Wildman–Crippen LogP) is 3.98. The summed E-state index contributed by atoms with van der Waals surface area (Å²) >= 11 is 0. The number of aryl methyl sites for hydroxylation is 2. The van der Waals surface area contributed by atoms with Crippen molar-refractivity contribution in [1.29, 1.82) is 0 Å². The quantitative estimate of drug-likeness (QED) is 0.889. The number of ether oxygens (including phenoxy) is 1. The van der Waals surface area contributed by atoms with E-state index in [4.69, 9.17) is 10.5 Å². The van der Waals surface area contributed by atoms with Crippen LogP contribution in [0.2, 0.25) is 0 Å². The van der Waals surface area contributed by atoms with E-state index in [9.17, 15) is 0 Å². The van der Waals surface area contributed by atoms with Crippen LogP contribution in [0.4, 0.5) is 0 Å². The molecule has 1 aliphatic carbocycles. The van der Waals surface area contributed by atoms with Gasteiger partial charge in [-0.1, -0.05) is 25.8 Å². The van der Waals surface area contributed by atoms with Crippen molar-refractivity contribution >= 4 is 0 Å². The molecular weight excluding hydrogens is 234 g/mol. The van der Waals surface area contributed by atoms with Gasteiger partial charge < -0.3 is 10.5 Å². The molecule has 0 saturated heterocycles. The zero-order valence-corrected chi connectivity index (χ0v) is 12.5. The smallest absolute Gasteiger partial charge is 0.120 e. The summed E-state index contributed by atoms with van der Waals surface area (Å²) in [6, 6.07) is 6.52. The van der Waals surface area contributed by atoms with Crippen molar-refractivity contribution in [2.45, 2.75) is 65.0 Å². The second-order valence-electron chi connectivity index (χ2n) is 6.03. The molecule has 2 nitrogen and oxygen atoms in total. The molecular formula is C17H27NO. The highest BCUT2D eigenvalue weighted by Crippen LogP contribution is 2.30. The molecule has 2 heteroatoms. The molecule has 0 spiro atoms.